The number of Topliss-reactive ketones (excluding diaryl/α,β-unsaturated/α-hetero) is 1. The number of aromatic amines is 1. The number of carboxylic acids is 1. The molecule has 132 valence electrons. The van der Waals surface area contributed by atoms with Crippen LogP contribution in [0.1, 0.15) is 39.3 Å². The third-order valence-electron chi connectivity index (χ3n) is 3.57. The summed E-state index contributed by atoms with van der Waals surface area (Å²) in [5, 5.41) is 13.8. The lowest BCUT2D eigenvalue weighted by Crippen LogP contribution is -2.52. The van der Waals surface area contributed by atoms with Crippen molar-refractivity contribution in [2.24, 2.45) is 5.41 Å². The number of aliphatic carboxylic acids is 1. The summed E-state index contributed by atoms with van der Waals surface area (Å²) >= 11 is 0. The fourth-order valence-corrected chi connectivity index (χ4v) is 1.86. The monoisotopic (exact) mass is 338 g/mol. The van der Waals surface area contributed by atoms with Crippen LogP contribution in [-0.4, -0.2) is 44.7 Å². The van der Waals surface area contributed by atoms with Crippen molar-refractivity contribution in [3.63, 3.8) is 0 Å². The van der Waals surface area contributed by atoms with E-state index in [4.69, 9.17) is 5.11 Å². The summed E-state index contributed by atoms with van der Waals surface area (Å²) in [4.78, 5) is 53.4. The number of nitrogens with zero attached hydrogens (tertiary/aromatic N) is 1. The van der Waals surface area contributed by atoms with Gasteiger partial charge in [0.15, 0.2) is 5.78 Å². The first-order chi connectivity index (χ1) is 11.1. The zero-order valence-corrected chi connectivity index (χ0v) is 13.9. The average Bonchev–Trinajstić information content (AvgIpc) is 3.01. The molecule has 24 heavy (non-hydrogen) atoms. The molecular weight excluding hydrogens is 316 g/mol. The number of amides is 2. The molecule has 1 atom stereocenters. The molecule has 1 rings (SSSR count). The second-order valence-corrected chi connectivity index (χ2v) is 5.95. The summed E-state index contributed by atoms with van der Waals surface area (Å²) < 4.78 is 0. The lowest BCUT2D eigenvalue weighted by Gasteiger charge is -2.25. The summed E-state index contributed by atoms with van der Waals surface area (Å²) in [6.07, 6.45) is 2.74. The van der Waals surface area contributed by atoms with Crippen LogP contribution >= 0.6 is 0 Å². The fraction of sp³-hybridized carbons (Fsp3) is 0.533. The average molecular weight is 338 g/mol. The quantitative estimate of drug-likeness (QED) is 0.467. The molecular formula is C15H22N4O5. The first-order valence-corrected chi connectivity index (χ1v) is 7.43. The van der Waals surface area contributed by atoms with Crippen molar-refractivity contribution in [2.75, 3.05) is 0 Å². The fourth-order valence-electron chi connectivity index (χ4n) is 1.86. The van der Waals surface area contributed by atoms with Crippen LogP contribution in [0.3, 0.4) is 0 Å². The summed E-state index contributed by atoms with van der Waals surface area (Å²) in [7, 11) is 0. The second-order valence-electron chi connectivity index (χ2n) is 5.95. The number of ketones is 1. The van der Waals surface area contributed by atoms with E-state index in [9.17, 15) is 19.2 Å². The smallest absolute Gasteiger partial charge is 0.303 e. The van der Waals surface area contributed by atoms with E-state index in [1.807, 2.05) is 0 Å². The first kappa shape index (κ1) is 19.3. The van der Waals surface area contributed by atoms with E-state index in [0.717, 1.165) is 0 Å². The molecule has 1 heterocycles. The van der Waals surface area contributed by atoms with Gasteiger partial charge in [-0.05, 0) is 27.2 Å². The van der Waals surface area contributed by atoms with Gasteiger partial charge in [-0.3, -0.25) is 19.2 Å². The zero-order chi connectivity index (χ0) is 18.3. The van der Waals surface area contributed by atoms with Crippen LogP contribution in [0.2, 0.25) is 0 Å². The zero-order valence-electron chi connectivity index (χ0n) is 13.9. The number of carboxylic acid groups (broad SMARTS) is 1. The van der Waals surface area contributed by atoms with Gasteiger partial charge in [-0.1, -0.05) is 0 Å². The van der Waals surface area contributed by atoms with Gasteiger partial charge in [0.2, 0.25) is 11.8 Å². The number of hydrogen-bond donors (Lipinski definition) is 4. The highest BCUT2D eigenvalue weighted by molar-refractivity contribution is 6.05. The molecule has 0 unspecified atom stereocenters. The van der Waals surface area contributed by atoms with E-state index in [1.165, 1.54) is 27.1 Å². The van der Waals surface area contributed by atoms with E-state index in [1.54, 1.807) is 6.20 Å². The van der Waals surface area contributed by atoms with Crippen LogP contribution in [0.25, 0.3) is 0 Å². The number of carbonyl (C=O) groups is 4. The molecule has 0 radical (unpaired) electrons. The number of nitrogens with one attached hydrogen (secondary N) is 3. The number of H-pyrrole nitrogens is 1. The van der Waals surface area contributed by atoms with Crippen molar-refractivity contribution < 1.29 is 24.3 Å². The lowest BCUT2D eigenvalue weighted by molar-refractivity contribution is -0.144. The predicted octanol–water partition coefficient (Wildman–Crippen LogP) is -0.00930. The van der Waals surface area contributed by atoms with Crippen LogP contribution < -0.4 is 10.6 Å². The van der Waals surface area contributed by atoms with Gasteiger partial charge in [0, 0.05) is 12.6 Å². The molecule has 0 aliphatic rings. The van der Waals surface area contributed by atoms with Crippen LogP contribution in [0, 0.1) is 5.41 Å². The Morgan fingerprint density at radius 1 is 1.29 bits per heavy atom. The predicted molar refractivity (Wildman–Crippen MR) is 83.7 cm³/mol. The largest absolute Gasteiger partial charge is 0.481 e. The molecule has 4 N–H and O–H groups in total. The van der Waals surface area contributed by atoms with Crippen LogP contribution in [0.4, 0.5) is 0 Å². The Morgan fingerprint density at radius 3 is 2.46 bits per heavy atom. The van der Waals surface area contributed by atoms with Crippen molar-refractivity contribution in [1.29, 1.82) is 0 Å². The number of hydrogen-bond acceptors (Lipinski definition) is 5. The van der Waals surface area contributed by atoms with Crippen LogP contribution in [0.5, 0.6) is 0 Å². The lowest BCUT2D eigenvalue weighted by atomic mass is 9.90. The highest BCUT2D eigenvalue weighted by Gasteiger charge is 2.37. The maximum atomic E-state index is 12.3. The molecule has 1 aromatic heterocycles. The summed E-state index contributed by atoms with van der Waals surface area (Å²) in [6.45, 7) is 4.31. The Labute approximate surface area is 139 Å². The van der Waals surface area contributed by atoms with Gasteiger partial charge in [0.1, 0.15) is 5.41 Å². The van der Waals surface area contributed by atoms with Gasteiger partial charge in [-0.15, -0.1) is 0 Å². The topological polar surface area (TPSA) is 141 Å². The van der Waals surface area contributed by atoms with Crippen LogP contribution in [0.15, 0.2) is 12.5 Å². The number of rotatable bonds is 9. The van der Waals surface area contributed by atoms with Crippen molar-refractivity contribution in [3.8, 4) is 0 Å². The summed E-state index contributed by atoms with van der Waals surface area (Å²) in [6, 6.07) is -0.937. The minimum atomic E-state index is -1.42. The summed E-state index contributed by atoms with van der Waals surface area (Å²) in [5.41, 5.74) is -0.737. The molecule has 9 nitrogen and oxygen atoms in total. The van der Waals surface area contributed by atoms with Crippen LogP contribution in [-0.2, 0) is 25.7 Å². The highest BCUT2D eigenvalue weighted by Crippen LogP contribution is 2.17. The SMILES string of the molecule is CC(=O)[C@H](CCC(=O)O)NC(=O)C(C)(C)C(=O)NCc1cnc[nH]1. The highest BCUT2D eigenvalue weighted by atomic mass is 16.4. The van der Waals surface area contributed by atoms with Gasteiger partial charge in [-0.25, -0.2) is 4.98 Å². The third kappa shape index (κ3) is 5.49. The van der Waals surface area contributed by atoms with E-state index in [2.05, 4.69) is 20.6 Å². The molecule has 0 saturated heterocycles. The molecule has 0 spiro atoms. The molecule has 2 amide bonds. The molecule has 0 fully saturated rings. The van der Waals surface area contributed by atoms with Crippen molar-refractivity contribution >= 4 is 23.6 Å². The number of imidazole rings is 1. The van der Waals surface area contributed by atoms with Gasteiger partial charge < -0.3 is 20.7 Å². The second kappa shape index (κ2) is 8.23. The Hall–Kier alpha value is -2.71. The van der Waals surface area contributed by atoms with Gasteiger partial charge >= 0.3 is 5.97 Å². The number of carbonyl (C=O) groups excluding carboxylic acids is 3. The number of aromatic nitrogens is 2. The maximum Gasteiger partial charge on any atom is 0.303 e. The first-order valence-electron chi connectivity index (χ1n) is 7.43. The molecule has 0 saturated carbocycles. The normalized spacial score (nSPS) is 12.3. The van der Waals surface area contributed by atoms with Crippen molar-refractivity contribution in [1.82, 2.24) is 20.6 Å². The van der Waals surface area contributed by atoms with Gasteiger partial charge in [0.05, 0.1) is 24.6 Å². The Morgan fingerprint density at radius 2 is 1.96 bits per heavy atom. The summed E-state index contributed by atoms with van der Waals surface area (Å²) in [5.74, 6) is -2.59. The molecule has 9 heteroatoms. The third-order valence-corrected chi connectivity index (χ3v) is 3.57. The Kier molecular flexibility index (Phi) is 6.63. The molecule has 0 aromatic carbocycles. The van der Waals surface area contributed by atoms with E-state index in [-0.39, 0.29) is 25.2 Å². The Bertz CT molecular complexity index is 609. The van der Waals surface area contributed by atoms with E-state index >= 15 is 0 Å². The minimum absolute atomic E-state index is 0.0255. The van der Waals surface area contributed by atoms with Crippen molar-refractivity contribution in [3.05, 3.63) is 18.2 Å². The van der Waals surface area contributed by atoms with E-state index < -0.39 is 29.2 Å². The van der Waals surface area contributed by atoms with Crippen molar-refractivity contribution in [2.45, 2.75) is 46.2 Å². The molecule has 1 aromatic rings. The molecule has 0 aliphatic heterocycles. The molecule has 0 bridgehead atoms. The maximum absolute atomic E-state index is 12.3. The standard InChI is InChI=1S/C15H22N4O5/c1-9(20)11(4-5-12(21)22)19-14(24)15(2,3)13(23)17-7-10-6-16-8-18-10/h6,8,11H,4-5,7H2,1-3H3,(H,16,18)(H,17,23)(H,19,24)(H,21,22)/t11-/m0/s1. The van der Waals surface area contributed by atoms with Gasteiger partial charge in [0.25, 0.3) is 0 Å². The molecule has 0 aliphatic carbocycles. The minimum Gasteiger partial charge on any atom is -0.481 e. The van der Waals surface area contributed by atoms with E-state index in [0.29, 0.717) is 5.69 Å². The van der Waals surface area contributed by atoms with Gasteiger partial charge in [-0.2, -0.15) is 0 Å². The Balaban J connectivity index is 2.65.